The minimum Gasteiger partial charge on any atom is -0.348 e. The van der Waals surface area contributed by atoms with Gasteiger partial charge >= 0.3 is 0 Å². The number of amides is 1. The summed E-state index contributed by atoms with van der Waals surface area (Å²) >= 11 is 0. The van der Waals surface area contributed by atoms with Gasteiger partial charge in [-0.1, -0.05) is 12.1 Å². The van der Waals surface area contributed by atoms with Crippen LogP contribution in [0, 0.1) is 0 Å². The van der Waals surface area contributed by atoms with Crippen molar-refractivity contribution in [1.29, 1.82) is 0 Å². The number of hydrogen-bond donors (Lipinski definition) is 2. The molecule has 1 amide bonds. The fourth-order valence-electron chi connectivity index (χ4n) is 1.95. The van der Waals surface area contributed by atoms with Gasteiger partial charge in [0.15, 0.2) is 0 Å². The monoisotopic (exact) mass is 188 g/mol. The van der Waals surface area contributed by atoms with Crippen LogP contribution in [0.15, 0.2) is 18.2 Å². The topological polar surface area (TPSA) is 55.1 Å². The van der Waals surface area contributed by atoms with E-state index in [2.05, 4.69) is 5.32 Å². The SMILES string of the molecule is NC1(c2ccc3c(c2)C(=O)NC3)CC1. The molecule has 1 aromatic carbocycles. The first kappa shape index (κ1) is 8.00. The minimum atomic E-state index is -0.141. The molecule has 0 bridgehead atoms. The Bertz CT molecular complexity index is 421. The molecule has 14 heavy (non-hydrogen) atoms. The highest BCUT2D eigenvalue weighted by atomic mass is 16.1. The molecule has 1 aliphatic carbocycles. The van der Waals surface area contributed by atoms with Crippen LogP contribution in [0.25, 0.3) is 0 Å². The highest BCUT2D eigenvalue weighted by molar-refractivity contribution is 5.98. The lowest BCUT2D eigenvalue weighted by molar-refractivity contribution is 0.0965. The van der Waals surface area contributed by atoms with Gasteiger partial charge in [0.25, 0.3) is 5.91 Å². The standard InChI is InChI=1S/C11H12N2O/c12-11(3-4-11)8-2-1-7-6-13-10(14)9(7)5-8/h1-2,5H,3-4,6,12H2,(H,13,14). The van der Waals surface area contributed by atoms with Gasteiger partial charge in [-0.15, -0.1) is 0 Å². The second-order valence-electron chi connectivity index (χ2n) is 4.21. The van der Waals surface area contributed by atoms with E-state index in [0.717, 1.165) is 29.5 Å². The Hall–Kier alpha value is -1.35. The maximum atomic E-state index is 11.4. The molecule has 0 aromatic heterocycles. The number of nitrogens with one attached hydrogen (secondary N) is 1. The zero-order chi connectivity index (χ0) is 9.76. The van der Waals surface area contributed by atoms with Crippen molar-refractivity contribution < 1.29 is 4.79 Å². The highest BCUT2D eigenvalue weighted by Gasteiger charge is 2.40. The van der Waals surface area contributed by atoms with Crippen molar-refractivity contribution in [3.63, 3.8) is 0 Å². The molecule has 1 aromatic rings. The Morgan fingerprint density at radius 1 is 1.36 bits per heavy atom. The van der Waals surface area contributed by atoms with Crippen molar-refractivity contribution in [3.05, 3.63) is 34.9 Å². The molecule has 1 fully saturated rings. The summed E-state index contributed by atoms with van der Waals surface area (Å²) in [5, 5.41) is 2.80. The van der Waals surface area contributed by atoms with Crippen molar-refractivity contribution in [3.8, 4) is 0 Å². The molecular formula is C11H12N2O. The van der Waals surface area contributed by atoms with E-state index < -0.39 is 0 Å². The van der Waals surface area contributed by atoms with Crippen LogP contribution < -0.4 is 11.1 Å². The lowest BCUT2D eigenvalue weighted by Gasteiger charge is -2.09. The van der Waals surface area contributed by atoms with E-state index in [4.69, 9.17) is 5.73 Å². The van der Waals surface area contributed by atoms with Crippen LogP contribution in [-0.2, 0) is 12.1 Å². The number of rotatable bonds is 1. The van der Waals surface area contributed by atoms with E-state index in [1.165, 1.54) is 0 Å². The number of fused-ring (bicyclic) bond motifs is 1. The first-order valence-corrected chi connectivity index (χ1v) is 4.90. The summed E-state index contributed by atoms with van der Waals surface area (Å²) in [6, 6.07) is 6.01. The largest absolute Gasteiger partial charge is 0.348 e. The molecule has 0 atom stereocenters. The summed E-state index contributed by atoms with van der Waals surface area (Å²) < 4.78 is 0. The van der Waals surface area contributed by atoms with Gasteiger partial charge < -0.3 is 11.1 Å². The van der Waals surface area contributed by atoms with Gasteiger partial charge in [0.2, 0.25) is 0 Å². The maximum Gasteiger partial charge on any atom is 0.251 e. The molecule has 0 spiro atoms. The molecule has 2 aliphatic rings. The van der Waals surface area contributed by atoms with Crippen LogP contribution in [0.2, 0.25) is 0 Å². The number of carbonyl (C=O) groups excluding carboxylic acids is 1. The molecule has 1 aliphatic heterocycles. The van der Waals surface area contributed by atoms with Gasteiger partial charge in [-0.3, -0.25) is 4.79 Å². The summed E-state index contributed by atoms with van der Waals surface area (Å²) in [4.78, 5) is 11.4. The first-order valence-electron chi connectivity index (χ1n) is 4.90. The van der Waals surface area contributed by atoms with Crippen molar-refractivity contribution in [2.45, 2.75) is 24.9 Å². The molecule has 3 N–H and O–H groups in total. The predicted molar refractivity (Wildman–Crippen MR) is 52.7 cm³/mol. The third-order valence-electron chi connectivity index (χ3n) is 3.16. The van der Waals surface area contributed by atoms with Gasteiger partial charge in [-0.05, 0) is 30.0 Å². The van der Waals surface area contributed by atoms with E-state index >= 15 is 0 Å². The number of carbonyl (C=O) groups is 1. The van der Waals surface area contributed by atoms with E-state index in [0.29, 0.717) is 6.54 Å². The van der Waals surface area contributed by atoms with Crippen LogP contribution >= 0.6 is 0 Å². The van der Waals surface area contributed by atoms with Gasteiger partial charge in [0, 0.05) is 17.6 Å². The van der Waals surface area contributed by atoms with Crippen molar-refractivity contribution in [2.24, 2.45) is 5.73 Å². The van der Waals surface area contributed by atoms with Crippen molar-refractivity contribution >= 4 is 5.91 Å². The quantitative estimate of drug-likeness (QED) is 0.687. The van der Waals surface area contributed by atoms with E-state index in [-0.39, 0.29) is 11.4 Å². The second-order valence-corrected chi connectivity index (χ2v) is 4.21. The van der Waals surface area contributed by atoms with Crippen LogP contribution in [0.5, 0.6) is 0 Å². The summed E-state index contributed by atoms with van der Waals surface area (Å²) in [7, 11) is 0. The van der Waals surface area contributed by atoms with E-state index in [1.54, 1.807) is 0 Å². The number of benzene rings is 1. The molecule has 1 heterocycles. The van der Waals surface area contributed by atoms with Crippen LogP contribution in [0.4, 0.5) is 0 Å². The Morgan fingerprint density at radius 3 is 2.86 bits per heavy atom. The summed E-state index contributed by atoms with van der Waals surface area (Å²) in [5.74, 6) is 0.0334. The Labute approximate surface area is 82.3 Å². The fourth-order valence-corrected chi connectivity index (χ4v) is 1.95. The third-order valence-corrected chi connectivity index (χ3v) is 3.16. The fraction of sp³-hybridized carbons (Fsp3) is 0.364. The molecule has 0 saturated heterocycles. The van der Waals surface area contributed by atoms with Crippen molar-refractivity contribution in [1.82, 2.24) is 5.32 Å². The van der Waals surface area contributed by atoms with Gasteiger partial charge in [0.1, 0.15) is 0 Å². The van der Waals surface area contributed by atoms with Gasteiger partial charge in [-0.2, -0.15) is 0 Å². The summed E-state index contributed by atoms with van der Waals surface area (Å²) in [5.41, 5.74) is 8.93. The molecule has 0 unspecified atom stereocenters. The minimum absolute atomic E-state index is 0.0334. The van der Waals surface area contributed by atoms with Crippen molar-refractivity contribution in [2.75, 3.05) is 0 Å². The molecule has 72 valence electrons. The second kappa shape index (κ2) is 2.36. The molecule has 3 nitrogen and oxygen atoms in total. The van der Waals surface area contributed by atoms with E-state index in [1.807, 2.05) is 18.2 Å². The zero-order valence-corrected chi connectivity index (χ0v) is 7.84. The molecule has 1 saturated carbocycles. The number of hydrogen-bond acceptors (Lipinski definition) is 2. The zero-order valence-electron chi connectivity index (χ0n) is 7.84. The molecule has 0 radical (unpaired) electrons. The molecule has 3 rings (SSSR count). The van der Waals surface area contributed by atoms with Crippen LogP contribution in [0.3, 0.4) is 0 Å². The first-order chi connectivity index (χ1) is 6.69. The lowest BCUT2D eigenvalue weighted by atomic mass is 10.00. The number of nitrogens with two attached hydrogens (primary N) is 1. The van der Waals surface area contributed by atoms with E-state index in [9.17, 15) is 4.79 Å². The summed E-state index contributed by atoms with van der Waals surface area (Å²) in [6.45, 7) is 0.659. The summed E-state index contributed by atoms with van der Waals surface area (Å²) in [6.07, 6.45) is 2.07. The highest BCUT2D eigenvalue weighted by Crippen LogP contribution is 2.43. The van der Waals surface area contributed by atoms with Gasteiger partial charge in [-0.25, -0.2) is 0 Å². The lowest BCUT2D eigenvalue weighted by Crippen LogP contribution is -2.19. The maximum absolute atomic E-state index is 11.4. The average molecular weight is 188 g/mol. The molecule has 3 heteroatoms. The average Bonchev–Trinajstić information content (AvgIpc) is 2.84. The Kier molecular flexibility index (Phi) is 1.35. The van der Waals surface area contributed by atoms with Crippen LogP contribution in [-0.4, -0.2) is 5.91 Å². The van der Waals surface area contributed by atoms with Crippen LogP contribution in [0.1, 0.15) is 34.3 Å². The predicted octanol–water partition coefficient (Wildman–Crippen LogP) is 0.878. The Balaban J connectivity index is 2.10. The van der Waals surface area contributed by atoms with Gasteiger partial charge in [0.05, 0.1) is 0 Å². The third kappa shape index (κ3) is 0.990. The normalized spacial score (nSPS) is 21.6. The smallest absolute Gasteiger partial charge is 0.251 e. The molecular weight excluding hydrogens is 176 g/mol. The Morgan fingerprint density at radius 2 is 2.14 bits per heavy atom.